The maximum atomic E-state index is 12.0. The smallest absolute Gasteiger partial charge is 0.245 e. The first-order chi connectivity index (χ1) is 18.6. The van der Waals surface area contributed by atoms with Crippen molar-refractivity contribution in [1.29, 1.82) is 0 Å². The van der Waals surface area contributed by atoms with Gasteiger partial charge in [0, 0.05) is 42.8 Å². The monoisotopic (exact) mass is 531 g/mol. The summed E-state index contributed by atoms with van der Waals surface area (Å²) in [7, 11) is 0. The number of halogens is 1. The van der Waals surface area contributed by atoms with Crippen molar-refractivity contribution in [3.63, 3.8) is 0 Å². The van der Waals surface area contributed by atoms with E-state index in [4.69, 9.17) is 16.3 Å². The molecule has 1 amide bonds. The van der Waals surface area contributed by atoms with Crippen molar-refractivity contribution in [2.24, 2.45) is 0 Å². The average molecular weight is 532 g/mol. The normalized spacial score (nSPS) is 15.9. The van der Waals surface area contributed by atoms with Crippen LogP contribution in [0, 0.1) is 0 Å². The first-order valence-corrected chi connectivity index (χ1v) is 13.4. The Labute approximate surface area is 225 Å². The first-order valence-electron chi connectivity index (χ1n) is 13.1. The number of H-pyrrole nitrogens is 1. The van der Waals surface area contributed by atoms with Crippen LogP contribution in [-0.4, -0.2) is 48.6 Å². The SMILES string of the molecule is C=CC(=O)N1CCC(c2c[nH]c3ncnc(Nc4ccc(OCc5cnn6c5CCCC6)c(Cl)c4)c23)CC1. The maximum absolute atomic E-state index is 12.0. The Morgan fingerprint density at radius 3 is 2.92 bits per heavy atom. The molecule has 1 fully saturated rings. The molecule has 38 heavy (non-hydrogen) atoms. The van der Waals surface area contributed by atoms with Gasteiger partial charge in [-0.2, -0.15) is 5.10 Å². The summed E-state index contributed by atoms with van der Waals surface area (Å²) in [5.74, 6) is 1.64. The maximum Gasteiger partial charge on any atom is 0.245 e. The molecule has 196 valence electrons. The molecule has 6 rings (SSSR count). The Kier molecular flexibility index (Phi) is 6.76. The third kappa shape index (κ3) is 4.74. The lowest BCUT2D eigenvalue weighted by Gasteiger charge is -2.31. The Hall–Kier alpha value is -3.85. The number of piperidine rings is 1. The number of benzene rings is 1. The van der Waals surface area contributed by atoms with Crippen molar-refractivity contribution in [1.82, 2.24) is 29.6 Å². The van der Waals surface area contributed by atoms with Gasteiger partial charge in [0.2, 0.25) is 5.91 Å². The summed E-state index contributed by atoms with van der Waals surface area (Å²) < 4.78 is 8.15. The third-order valence-corrected chi connectivity index (χ3v) is 7.86. The van der Waals surface area contributed by atoms with Crippen molar-refractivity contribution in [3.05, 3.63) is 71.4 Å². The predicted molar refractivity (Wildman–Crippen MR) is 147 cm³/mol. The lowest BCUT2D eigenvalue weighted by molar-refractivity contribution is -0.127. The molecule has 0 bridgehead atoms. The number of aromatic amines is 1. The van der Waals surface area contributed by atoms with Gasteiger partial charge in [-0.1, -0.05) is 18.2 Å². The van der Waals surface area contributed by atoms with Crippen LogP contribution < -0.4 is 10.1 Å². The molecule has 0 atom stereocenters. The minimum atomic E-state index is -0.0120. The zero-order valence-corrected chi connectivity index (χ0v) is 21.9. The molecule has 2 aliphatic rings. The highest BCUT2D eigenvalue weighted by Gasteiger charge is 2.26. The fourth-order valence-corrected chi connectivity index (χ4v) is 5.77. The quantitative estimate of drug-likeness (QED) is 0.311. The summed E-state index contributed by atoms with van der Waals surface area (Å²) in [6.07, 6.45) is 12.0. The van der Waals surface area contributed by atoms with Crippen molar-refractivity contribution in [2.75, 3.05) is 18.4 Å². The molecule has 1 aromatic carbocycles. The second kappa shape index (κ2) is 10.5. The average Bonchev–Trinajstić information content (AvgIpc) is 3.57. The van der Waals surface area contributed by atoms with E-state index in [9.17, 15) is 4.79 Å². The van der Waals surface area contributed by atoms with Crippen molar-refractivity contribution in [2.45, 2.75) is 51.2 Å². The molecule has 0 radical (unpaired) electrons. The van der Waals surface area contributed by atoms with Crippen LogP contribution in [0.4, 0.5) is 11.5 Å². The highest BCUT2D eigenvalue weighted by Crippen LogP contribution is 2.37. The number of amides is 1. The molecule has 0 spiro atoms. The number of likely N-dealkylation sites (tertiary alicyclic amines) is 1. The standard InChI is InChI=1S/C28H30ClN7O2/c1-2-25(37)35-11-8-18(9-12-35)21-15-30-27-26(21)28(32-17-31-27)34-20-6-7-24(22(29)13-20)38-16-19-14-33-36-10-4-3-5-23(19)36/h2,6-7,13-15,17-18H,1,3-5,8-12,16H2,(H2,30,31,32,34). The zero-order chi connectivity index (χ0) is 26.1. The van der Waals surface area contributed by atoms with Gasteiger partial charge < -0.3 is 19.9 Å². The van der Waals surface area contributed by atoms with E-state index >= 15 is 0 Å². The van der Waals surface area contributed by atoms with Gasteiger partial charge in [-0.25, -0.2) is 9.97 Å². The lowest BCUT2D eigenvalue weighted by atomic mass is 9.89. The van der Waals surface area contributed by atoms with Gasteiger partial charge in [0.1, 0.15) is 30.1 Å². The number of carbonyl (C=O) groups is 1. The van der Waals surface area contributed by atoms with Gasteiger partial charge in [-0.15, -0.1) is 0 Å². The molecule has 2 aliphatic heterocycles. The number of fused-ring (bicyclic) bond motifs is 2. The summed E-state index contributed by atoms with van der Waals surface area (Å²) in [6, 6.07) is 5.67. The van der Waals surface area contributed by atoms with Gasteiger partial charge in [0.15, 0.2) is 0 Å². The Balaban J connectivity index is 1.17. The van der Waals surface area contributed by atoms with E-state index < -0.39 is 0 Å². The topological polar surface area (TPSA) is 101 Å². The number of aryl methyl sites for hydroxylation is 1. The van der Waals surface area contributed by atoms with Crippen LogP contribution in [0.25, 0.3) is 11.0 Å². The summed E-state index contributed by atoms with van der Waals surface area (Å²) >= 11 is 6.62. The van der Waals surface area contributed by atoms with Crippen LogP contribution in [0.15, 0.2) is 49.6 Å². The molecular formula is C28H30ClN7O2. The minimum Gasteiger partial charge on any atom is -0.487 e. The van der Waals surface area contributed by atoms with Crippen molar-refractivity contribution in [3.8, 4) is 5.75 Å². The van der Waals surface area contributed by atoms with Gasteiger partial charge in [-0.3, -0.25) is 9.48 Å². The molecule has 2 N–H and O–H groups in total. The van der Waals surface area contributed by atoms with Gasteiger partial charge in [-0.05, 0) is 67.9 Å². The Morgan fingerprint density at radius 1 is 1.24 bits per heavy atom. The zero-order valence-electron chi connectivity index (χ0n) is 21.1. The molecule has 9 nitrogen and oxygen atoms in total. The largest absolute Gasteiger partial charge is 0.487 e. The van der Waals surface area contributed by atoms with Crippen LogP contribution in [-0.2, 0) is 24.4 Å². The number of rotatable bonds is 7. The molecular weight excluding hydrogens is 502 g/mol. The molecule has 0 aliphatic carbocycles. The molecule has 0 unspecified atom stereocenters. The Bertz CT molecular complexity index is 1490. The molecule has 4 aromatic rings. The van der Waals surface area contributed by atoms with E-state index in [0.717, 1.165) is 53.7 Å². The summed E-state index contributed by atoms with van der Waals surface area (Å²) in [5.41, 5.74) is 5.12. The van der Waals surface area contributed by atoms with E-state index in [1.165, 1.54) is 24.6 Å². The number of aromatic nitrogens is 5. The number of carbonyl (C=O) groups excluding carboxylic acids is 1. The van der Waals surface area contributed by atoms with Crippen molar-refractivity contribution >= 4 is 40.0 Å². The summed E-state index contributed by atoms with van der Waals surface area (Å²) in [4.78, 5) is 26.1. The van der Waals surface area contributed by atoms with Gasteiger partial charge >= 0.3 is 0 Å². The number of hydrogen-bond acceptors (Lipinski definition) is 6. The van der Waals surface area contributed by atoms with Crippen LogP contribution in [0.3, 0.4) is 0 Å². The lowest BCUT2D eigenvalue weighted by Crippen LogP contribution is -2.36. The third-order valence-electron chi connectivity index (χ3n) is 7.57. The predicted octanol–water partition coefficient (Wildman–Crippen LogP) is 5.36. The number of nitrogens with one attached hydrogen (secondary N) is 2. The molecule has 10 heteroatoms. The van der Waals surface area contributed by atoms with Gasteiger partial charge in [0.05, 0.1) is 16.6 Å². The second-order valence-corrected chi connectivity index (χ2v) is 10.3. The van der Waals surface area contributed by atoms with Crippen LogP contribution in [0.1, 0.15) is 48.4 Å². The number of ether oxygens (including phenoxy) is 1. The minimum absolute atomic E-state index is 0.0120. The summed E-state index contributed by atoms with van der Waals surface area (Å²) in [5, 5.41) is 9.40. The highest BCUT2D eigenvalue weighted by molar-refractivity contribution is 6.32. The van der Waals surface area contributed by atoms with E-state index in [1.54, 1.807) is 6.33 Å². The molecule has 5 heterocycles. The Morgan fingerprint density at radius 2 is 2.11 bits per heavy atom. The molecule has 1 saturated heterocycles. The van der Waals surface area contributed by atoms with Crippen LogP contribution >= 0.6 is 11.6 Å². The van der Waals surface area contributed by atoms with Crippen molar-refractivity contribution < 1.29 is 9.53 Å². The highest BCUT2D eigenvalue weighted by atomic mass is 35.5. The van der Waals surface area contributed by atoms with E-state index in [1.807, 2.05) is 35.5 Å². The van der Waals surface area contributed by atoms with E-state index in [2.05, 4.69) is 36.6 Å². The second-order valence-electron chi connectivity index (χ2n) is 9.85. The number of hydrogen-bond donors (Lipinski definition) is 2. The van der Waals surface area contributed by atoms with Gasteiger partial charge in [0.25, 0.3) is 0 Å². The number of anilines is 2. The van der Waals surface area contributed by atoms with Crippen LogP contribution in [0.2, 0.25) is 5.02 Å². The first kappa shape index (κ1) is 24.5. The molecule has 3 aromatic heterocycles. The number of nitrogens with zero attached hydrogens (tertiary/aromatic N) is 5. The molecule has 0 saturated carbocycles. The fraction of sp³-hybridized carbons (Fsp3) is 0.357. The summed E-state index contributed by atoms with van der Waals surface area (Å²) in [6.45, 7) is 6.44. The van der Waals surface area contributed by atoms with E-state index in [-0.39, 0.29) is 5.91 Å². The van der Waals surface area contributed by atoms with Crippen LogP contribution in [0.5, 0.6) is 5.75 Å². The fourth-order valence-electron chi connectivity index (χ4n) is 5.54. The van der Waals surface area contributed by atoms with E-state index in [0.29, 0.717) is 42.2 Å².